The van der Waals surface area contributed by atoms with Gasteiger partial charge in [-0.25, -0.2) is 8.42 Å². The number of nitrogens with zero attached hydrogens (tertiary/aromatic N) is 2. The van der Waals surface area contributed by atoms with Crippen LogP contribution in [-0.4, -0.2) is 33.1 Å². The molecule has 0 bridgehead atoms. The third-order valence-corrected chi connectivity index (χ3v) is 7.32. The Kier molecular flexibility index (Phi) is 6.05. The zero-order valence-electron chi connectivity index (χ0n) is 18.2. The first-order chi connectivity index (χ1) is 14.9. The molecule has 1 fully saturated rings. The van der Waals surface area contributed by atoms with Crippen molar-refractivity contribution < 1.29 is 17.6 Å². The molecule has 164 valence electrons. The van der Waals surface area contributed by atoms with Crippen LogP contribution in [0, 0.1) is 12.8 Å². The highest BCUT2D eigenvalue weighted by Gasteiger charge is 2.32. The van der Waals surface area contributed by atoms with E-state index < -0.39 is 9.84 Å². The van der Waals surface area contributed by atoms with E-state index in [9.17, 15) is 8.42 Å². The van der Waals surface area contributed by atoms with Gasteiger partial charge >= 0.3 is 0 Å². The summed E-state index contributed by atoms with van der Waals surface area (Å²) in [5.74, 6) is 1.98. The third kappa shape index (κ3) is 4.46. The van der Waals surface area contributed by atoms with Crippen molar-refractivity contribution in [1.82, 2.24) is 4.98 Å². The number of hydrogen-bond acceptors (Lipinski definition) is 6. The minimum atomic E-state index is -3.82. The molecular weight excluding hydrogens is 412 g/mol. The summed E-state index contributed by atoms with van der Waals surface area (Å²) in [6.07, 6.45) is 1.98. The van der Waals surface area contributed by atoms with Gasteiger partial charge in [0.05, 0.1) is 11.5 Å². The Labute approximate surface area is 183 Å². The molecule has 4 rings (SSSR count). The second-order valence-electron chi connectivity index (χ2n) is 8.07. The molecule has 2 aromatic carbocycles. The molecule has 0 saturated carbocycles. The van der Waals surface area contributed by atoms with Crippen molar-refractivity contribution in [3.05, 3.63) is 54.1 Å². The lowest BCUT2D eigenvalue weighted by atomic mass is 9.99. The average molecular weight is 441 g/mol. The Morgan fingerprint density at radius 3 is 2.32 bits per heavy atom. The summed E-state index contributed by atoms with van der Waals surface area (Å²) < 4.78 is 38.6. The predicted octanol–water partition coefficient (Wildman–Crippen LogP) is 5.12. The van der Waals surface area contributed by atoms with Gasteiger partial charge in [0.2, 0.25) is 26.6 Å². The number of piperidine rings is 1. The number of aryl methyl sites for hydroxylation is 1. The van der Waals surface area contributed by atoms with Crippen molar-refractivity contribution in [3.8, 4) is 17.2 Å². The fourth-order valence-corrected chi connectivity index (χ4v) is 5.02. The van der Waals surface area contributed by atoms with Gasteiger partial charge in [-0.3, -0.25) is 0 Å². The smallest absolute Gasteiger partial charge is 0.236 e. The molecule has 0 radical (unpaired) electrons. The first-order valence-electron chi connectivity index (χ1n) is 10.7. The Morgan fingerprint density at radius 1 is 1.06 bits per heavy atom. The fourth-order valence-electron chi connectivity index (χ4n) is 3.70. The summed E-state index contributed by atoms with van der Waals surface area (Å²) in [7, 11) is -3.82. The lowest BCUT2D eigenvalue weighted by Gasteiger charge is -2.30. The molecule has 0 amide bonds. The van der Waals surface area contributed by atoms with Crippen molar-refractivity contribution in [1.29, 1.82) is 0 Å². The lowest BCUT2D eigenvalue weighted by Crippen LogP contribution is -2.33. The van der Waals surface area contributed by atoms with Gasteiger partial charge in [-0.15, -0.1) is 0 Å². The van der Waals surface area contributed by atoms with Gasteiger partial charge < -0.3 is 14.1 Å². The van der Waals surface area contributed by atoms with Gasteiger partial charge in [-0.2, -0.15) is 4.98 Å². The molecule has 0 spiro atoms. The predicted molar refractivity (Wildman–Crippen MR) is 120 cm³/mol. The zero-order chi connectivity index (χ0) is 22.0. The zero-order valence-corrected chi connectivity index (χ0v) is 19.0. The number of hydrogen-bond donors (Lipinski definition) is 0. The van der Waals surface area contributed by atoms with E-state index in [1.165, 1.54) is 0 Å². The number of sulfone groups is 1. The second kappa shape index (κ2) is 8.75. The van der Waals surface area contributed by atoms with Gasteiger partial charge in [-0.05, 0) is 69.0 Å². The standard InChI is InChI=1S/C24H28N2O4S/c1-4-29-20-9-7-19(8-10-20)22-25-23(24(30-22)26-15-13-18(3)14-16-26)31(27,28)21-11-5-17(2)6-12-21/h5-12,18H,4,13-16H2,1-3H3. The van der Waals surface area contributed by atoms with E-state index >= 15 is 0 Å². The van der Waals surface area contributed by atoms with Crippen LogP contribution in [-0.2, 0) is 9.84 Å². The molecule has 0 N–H and O–H groups in total. The molecule has 3 aromatic rings. The second-order valence-corrected chi connectivity index (χ2v) is 9.94. The fraction of sp³-hybridized carbons (Fsp3) is 0.375. The number of anilines is 1. The van der Waals surface area contributed by atoms with Crippen molar-refractivity contribution in [2.45, 2.75) is 43.5 Å². The maximum atomic E-state index is 13.5. The monoisotopic (exact) mass is 440 g/mol. The molecule has 6 nitrogen and oxygen atoms in total. The Morgan fingerprint density at radius 2 is 1.71 bits per heavy atom. The molecule has 1 aliphatic rings. The van der Waals surface area contributed by atoms with Crippen molar-refractivity contribution >= 4 is 15.7 Å². The van der Waals surface area contributed by atoms with Gasteiger partial charge in [0.15, 0.2) is 0 Å². The summed E-state index contributed by atoms with van der Waals surface area (Å²) in [6.45, 7) is 8.14. The van der Waals surface area contributed by atoms with E-state index in [4.69, 9.17) is 9.15 Å². The summed E-state index contributed by atoms with van der Waals surface area (Å²) in [5, 5.41) is -0.0187. The highest BCUT2D eigenvalue weighted by Crippen LogP contribution is 2.36. The number of ether oxygens (including phenoxy) is 1. The number of rotatable bonds is 6. The average Bonchev–Trinajstić information content (AvgIpc) is 3.22. The van der Waals surface area contributed by atoms with Gasteiger partial charge in [0, 0.05) is 18.7 Å². The highest BCUT2D eigenvalue weighted by molar-refractivity contribution is 7.91. The Bertz CT molecular complexity index is 1130. The number of oxazole rings is 1. The molecule has 1 saturated heterocycles. The van der Waals surface area contributed by atoms with Crippen LogP contribution in [0.5, 0.6) is 5.75 Å². The summed E-state index contributed by atoms with van der Waals surface area (Å²) >= 11 is 0. The molecule has 0 aliphatic carbocycles. The molecule has 7 heteroatoms. The summed E-state index contributed by atoms with van der Waals surface area (Å²) in [6, 6.07) is 14.2. The Hall–Kier alpha value is -2.80. The van der Waals surface area contributed by atoms with Crippen molar-refractivity contribution in [3.63, 3.8) is 0 Å². The molecule has 0 unspecified atom stereocenters. The third-order valence-electron chi connectivity index (χ3n) is 5.65. The highest BCUT2D eigenvalue weighted by atomic mass is 32.2. The molecule has 1 aromatic heterocycles. The largest absolute Gasteiger partial charge is 0.494 e. The maximum absolute atomic E-state index is 13.5. The summed E-state index contributed by atoms with van der Waals surface area (Å²) in [4.78, 5) is 6.71. The maximum Gasteiger partial charge on any atom is 0.236 e. The van der Waals surface area contributed by atoms with E-state index in [2.05, 4.69) is 11.9 Å². The minimum Gasteiger partial charge on any atom is -0.494 e. The van der Waals surface area contributed by atoms with E-state index in [1.807, 2.05) is 43.0 Å². The van der Waals surface area contributed by atoms with E-state index in [1.54, 1.807) is 24.3 Å². The van der Waals surface area contributed by atoms with E-state index in [0.717, 1.165) is 37.2 Å². The van der Waals surface area contributed by atoms with Crippen LogP contribution in [0.1, 0.15) is 32.3 Å². The topological polar surface area (TPSA) is 72.6 Å². The first kappa shape index (κ1) is 21.4. The Balaban J connectivity index is 1.77. The van der Waals surface area contributed by atoms with Crippen LogP contribution >= 0.6 is 0 Å². The minimum absolute atomic E-state index is 0.0187. The van der Waals surface area contributed by atoms with Crippen LogP contribution in [0.4, 0.5) is 5.88 Å². The van der Waals surface area contributed by atoms with Gasteiger partial charge in [0.25, 0.3) is 0 Å². The van der Waals surface area contributed by atoms with Crippen molar-refractivity contribution in [2.24, 2.45) is 5.92 Å². The van der Waals surface area contributed by atoms with Crippen LogP contribution in [0.15, 0.2) is 62.9 Å². The normalized spacial score (nSPS) is 15.3. The number of benzene rings is 2. The van der Waals surface area contributed by atoms with Crippen LogP contribution in [0.25, 0.3) is 11.5 Å². The molecule has 2 heterocycles. The molecule has 31 heavy (non-hydrogen) atoms. The van der Waals surface area contributed by atoms with E-state index in [-0.39, 0.29) is 9.92 Å². The lowest BCUT2D eigenvalue weighted by molar-refractivity contribution is 0.340. The van der Waals surface area contributed by atoms with Gasteiger partial charge in [-0.1, -0.05) is 24.6 Å². The van der Waals surface area contributed by atoms with Crippen LogP contribution < -0.4 is 9.64 Å². The van der Waals surface area contributed by atoms with Crippen molar-refractivity contribution in [2.75, 3.05) is 24.6 Å². The molecule has 1 aliphatic heterocycles. The van der Waals surface area contributed by atoms with Gasteiger partial charge in [0.1, 0.15) is 5.75 Å². The summed E-state index contributed by atoms with van der Waals surface area (Å²) in [5.41, 5.74) is 1.71. The number of aromatic nitrogens is 1. The quantitative estimate of drug-likeness (QED) is 0.530. The SMILES string of the molecule is CCOc1ccc(-c2nc(S(=O)(=O)c3ccc(C)cc3)c(N3CCC(C)CC3)o2)cc1. The van der Waals surface area contributed by atoms with Crippen LogP contribution in [0.3, 0.4) is 0 Å². The molecular formula is C24H28N2O4S. The first-order valence-corrected chi connectivity index (χ1v) is 12.2. The van der Waals surface area contributed by atoms with E-state index in [0.29, 0.717) is 29.9 Å². The molecule has 0 atom stereocenters. The van der Waals surface area contributed by atoms with Crippen LogP contribution in [0.2, 0.25) is 0 Å².